The highest BCUT2D eigenvalue weighted by atomic mass is 16.5. The second kappa shape index (κ2) is 8.68. The number of rotatable bonds is 7. The number of nitrogens with zero attached hydrogens (tertiary/aromatic N) is 1. The van der Waals surface area contributed by atoms with Gasteiger partial charge in [-0.3, -0.25) is 4.79 Å². The molecule has 0 saturated heterocycles. The lowest BCUT2D eigenvalue weighted by molar-refractivity contribution is -0.125. The van der Waals surface area contributed by atoms with Crippen LogP contribution in [0.3, 0.4) is 0 Å². The molecule has 0 spiro atoms. The van der Waals surface area contributed by atoms with Crippen molar-refractivity contribution < 1.29 is 14.3 Å². The normalized spacial score (nSPS) is 11.5. The molecule has 1 atom stereocenters. The fourth-order valence-electron chi connectivity index (χ4n) is 2.22. The van der Waals surface area contributed by atoms with Gasteiger partial charge in [0, 0.05) is 6.20 Å². The van der Waals surface area contributed by atoms with Crippen LogP contribution >= 0.6 is 0 Å². The Morgan fingerprint density at radius 1 is 1.13 bits per heavy atom. The van der Waals surface area contributed by atoms with Crippen molar-refractivity contribution in [2.75, 3.05) is 6.61 Å². The van der Waals surface area contributed by atoms with Gasteiger partial charge in [-0.2, -0.15) is 0 Å². The molecule has 0 aliphatic rings. The van der Waals surface area contributed by atoms with E-state index in [0.717, 1.165) is 18.4 Å². The fourth-order valence-corrected chi connectivity index (χ4v) is 2.22. The summed E-state index contributed by atoms with van der Waals surface area (Å²) in [5.41, 5.74) is 1.23. The van der Waals surface area contributed by atoms with E-state index in [1.165, 1.54) is 6.20 Å². The summed E-state index contributed by atoms with van der Waals surface area (Å²) in [4.78, 5) is 27.7. The third-order valence-electron chi connectivity index (χ3n) is 3.32. The number of hydrogen-bond donors (Lipinski definition) is 1. The van der Waals surface area contributed by atoms with E-state index in [1.807, 2.05) is 30.3 Å². The van der Waals surface area contributed by atoms with Gasteiger partial charge in [-0.1, -0.05) is 49.7 Å². The summed E-state index contributed by atoms with van der Waals surface area (Å²) in [5, 5.41) is 2.90. The van der Waals surface area contributed by atoms with Crippen LogP contribution in [-0.2, 0) is 9.53 Å². The first-order chi connectivity index (χ1) is 11.2. The van der Waals surface area contributed by atoms with Crippen molar-refractivity contribution in [3.63, 3.8) is 0 Å². The van der Waals surface area contributed by atoms with Crippen molar-refractivity contribution in [2.45, 2.75) is 25.8 Å². The van der Waals surface area contributed by atoms with Crippen molar-refractivity contribution >= 4 is 11.9 Å². The van der Waals surface area contributed by atoms with Gasteiger partial charge >= 0.3 is 5.97 Å². The molecule has 1 amide bonds. The second-order valence-electron chi connectivity index (χ2n) is 5.11. The average molecular weight is 312 g/mol. The van der Waals surface area contributed by atoms with Crippen LogP contribution in [0.15, 0.2) is 54.7 Å². The van der Waals surface area contributed by atoms with Crippen LogP contribution in [0.2, 0.25) is 0 Å². The quantitative estimate of drug-likeness (QED) is 0.798. The standard InChI is InChI=1S/C18H20N2O3/c1-2-8-15(14-9-4-3-5-10-14)20-17(21)13-23-18(22)16-11-6-7-12-19-16/h3-7,9-12,15H,2,8,13H2,1H3,(H,20,21). The largest absolute Gasteiger partial charge is 0.451 e. The molecule has 1 aromatic carbocycles. The van der Waals surface area contributed by atoms with Gasteiger partial charge in [0.25, 0.3) is 5.91 Å². The Morgan fingerprint density at radius 2 is 1.87 bits per heavy atom. The van der Waals surface area contributed by atoms with Crippen molar-refractivity contribution in [3.05, 3.63) is 66.0 Å². The van der Waals surface area contributed by atoms with Crippen molar-refractivity contribution in [1.29, 1.82) is 0 Å². The van der Waals surface area contributed by atoms with Crippen molar-refractivity contribution in [2.24, 2.45) is 0 Å². The van der Waals surface area contributed by atoms with Gasteiger partial charge in [0.15, 0.2) is 6.61 Å². The summed E-state index contributed by atoms with van der Waals surface area (Å²) >= 11 is 0. The molecule has 1 N–H and O–H groups in total. The minimum atomic E-state index is -0.604. The smallest absolute Gasteiger partial charge is 0.357 e. The van der Waals surface area contributed by atoms with Gasteiger partial charge in [-0.05, 0) is 24.1 Å². The summed E-state index contributed by atoms with van der Waals surface area (Å²) in [6, 6.07) is 14.6. The predicted octanol–water partition coefficient (Wildman–Crippen LogP) is 2.90. The van der Waals surface area contributed by atoms with Crippen LogP contribution in [0.4, 0.5) is 0 Å². The third kappa shape index (κ3) is 5.21. The molecule has 0 fully saturated rings. The Kier molecular flexibility index (Phi) is 6.29. The van der Waals surface area contributed by atoms with E-state index in [4.69, 9.17) is 4.74 Å². The number of amides is 1. The van der Waals surface area contributed by atoms with E-state index in [2.05, 4.69) is 17.2 Å². The Morgan fingerprint density at radius 3 is 2.52 bits per heavy atom. The topological polar surface area (TPSA) is 68.3 Å². The number of benzene rings is 1. The minimum Gasteiger partial charge on any atom is -0.451 e. The molecule has 0 bridgehead atoms. The fraction of sp³-hybridized carbons (Fsp3) is 0.278. The summed E-state index contributed by atoms with van der Waals surface area (Å²) in [7, 11) is 0. The van der Waals surface area contributed by atoms with E-state index in [-0.39, 0.29) is 24.2 Å². The molecule has 23 heavy (non-hydrogen) atoms. The molecule has 120 valence electrons. The molecule has 5 heteroatoms. The molecule has 0 aliphatic heterocycles. The Balaban J connectivity index is 1.88. The molecule has 0 radical (unpaired) electrons. The Bertz CT molecular complexity index is 629. The zero-order valence-corrected chi connectivity index (χ0v) is 13.1. The van der Waals surface area contributed by atoms with Crippen LogP contribution < -0.4 is 5.32 Å². The molecular weight excluding hydrogens is 292 g/mol. The zero-order valence-electron chi connectivity index (χ0n) is 13.1. The lowest BCUT2D eigenvalue weighted by atomic mass is 10.0. The Hall–Kier alpha value is -2.69. The first-order valence-corrected chi connectivity index (χ1v) is 7.63. The highest BCUT2D eigenvalue weighted by Crippen LogP contribution is 2.17. The number of hydrogen-bond acceptors (Lipinski definition) is 4. The molecule has 0 saturated carbocycles. The number of carbonyl (C=O) groups is 2. The predicted molar refractivity (Wildman–Crippen MR) is 86.8 cm³/mol. The number of esters is 1. The molecular formula is C18H20N2O3. The molecule has 1 aromatic heterocycles. The monoisotopic (exact) mass is 312 g/mol. The molecule has 2 rings (SSSR count). The Labute approximate surface area is 135 Å². The highest BCUT2D eigenvalue weighted by molar-refractivity contribution is 5.89. The minimum absolute atomic E-state index is 0.0812. The summed E-state index contributed by atoms with van der Waals surface area (Å²) < 4.78 is 4.99. The van der Waals surface area contributed by atoms with Crippen molar-refractivity contribution in [3.8, 4) is 0 Å². The summed E-state index contributed by atoms with van der Waals surface area (Å²) in [5.74, 6) is -0.927. The average Bonchev–Trinajstić information content (AvgIpc) is 2.61. The van der Waals surface area contributed by atoms with E-state index in [9.17, 15) is 9.59 Å². The van der Waals surface area contributed by atoms with E-state index < -0.39 is 5.97 Å². The van der Waals surface area contributed by atoms with E-state index in [1.54, 1.807) is 18.2 Å². The number of pyridine rings is 1. The maximum absolute atomic E-state index is 12.0. The number of aromatic nitrogens is 1. The molecule has 1 unspecified atom stereocenters. The van der Waals surface area contributed by atoms with Gasteiger partial charge in [0.1, 0.15) is 5.69 Å². The van der Waals surface area contributed by atoms with Crippen LogP contribution in [0.25, 0.3) is 0 Å². The first kappa shape index (κ1) is 16.7. The molecule has 5 nitrogen and oxygen atoms in total. The number of nitrogens with one attached hydrogen (secondary N) is 1. The molecule has 2 aromatic rings. The van der Waals surface area contributed by atoms with E-state index >= 15 is 0 Å². The lowest BCUT2D eigenvalue weighted by Gasteiger charge is -2.18. The van der Waals surface area contributed by atoms with Crippen LogP contribution in [-0.4, -0.2) is 23.5 Å². The molecule has 1 heterocycles. The van der Waals surface area contributed by atoms with Crippen molar-refractivity contribution in [1.82, 2.24) is 10.3 Å². The van der Waals surface area contributed by atoms with Gasteiger partial charge in [0.05, 0.1) is 6.04 Å². The van der Waals surface area contributed by atoms with Crippen LogP contribution in [0.5, 0.6) is 0 Å². The maximum atomic E-state index is 12.0. The van der Waals surface area contributed by atoms with Crippen LogP contribution in [0, 0.1) is 0 Å². The first-order valence-electron chi connectivity index (χ1n) is 7.63. The summed E-state index contributed by atoms with van der Waals surface area (Å²) in [6.07, 6.45) is 3.26. The van der Waals surface area contributed by atoms with Gasteiger partial charge in [-0.15, -0.1) is 0 Å². The maximum Gasteiger partial charge on any atom is 0.357 e. The number of ether oxygens (including phenoxy) is 1. The lowest BCUT2D eigenvalue weighted by Crippen LogP contribution is -2.32. The third-order valence-corrected chi connectivity index (χ3v) is 3.32. The van der Waals surface area contributed by atoms with E-state index in [0.29, 0.717) is 0 Å². The van der Waals surface area contributed by atoms with Gasteiger partial charge in [0.2, 0.25) is 0 Å². The highest BCUT2D eigenvalue weighted by Gasteiger charge is 2.16. The van der Waals surface area contributed by atoms with Gasteiger partial charge < -0.3 is 10.1 Å². The molecule has 0 aliphatic carbocycles. The zero-order chi connectivity index (χ0) is 16.5. The number of carbonyl (C=O) groups excluding carboxylic acids is 2. The second-order valence-corrected chi connectivity index (χ2v) is 5.11. The SMILES string of the molecule is CCCC(NC(=O)COC(=O)c1ccccn1)c1ccccc1. The van der Waals surface area contributed by atoms with Crippen LogP contribution in [0.1, 0.15) is 41.9 Å². The summed E-state index contributed by atoms with van der Waals surface area (Å²) in [6.45, 7) is 1.74. The van der Waals surface area contributed by atoms with Gasteiger partial charge in [-0.25, -0.2) is 9.78 Å².